The largest absolute Gasteiger partial charge is 0.496 e. The summed E-state index contributed by atoms with van der Waals surface area (Å²) in [5.41, 5.74) is 9.16. The number of ether oxygens (including phenoxy) is 1. The summed E-state index contributed by atoms with van der Waals surface area (Å²) in [6.45, 7) is 0.469. The van der Waals surface area contributed by atoms with Crippen LogP contribution in [0, 0.1) is 0 Å². The second-order valence-corrected chi connectivity index (χ2v) is 2.52. The molecule has 0 aliphatic heterocycles. The fraction of sp³-hybridized carbons (Fsp3) is 0.333. The number of azide groups is 1. The SMILES string of the molecule is COc1ccccc1CCN=[N+]=[N-]. The minimum Gasteiger partial charge on any atom is -0.496 e. The first-order chi connectivity index (χ1) is 6.38. The van der Waals surface area contributed by atoms with Gasteiger partial charge in [0, 0.05) is 11.5 Å². The first-order valence-corrected chi connectivity index (χ1v) is 4.01. The molecule has 13 heavy (non-hydrogen) atoms. The molecule has 4 nitrogen and oxygen atoms in total. The molecule has 0 amide bonds. The average molecular weight is 177 g/mol. The molecule has 0 spiro atoms. The van der Waals surface area contributed by atoms with Gasteiger partial charge in [-0.15, -0.1) is 0 Å². The predicted molar refractivity (Wildman–Crippen MR) is 50.7 cm³/mol. The van der Waals surface area contributed by atoms with Gasteiger partial charge in [0.25, 0.3) is 0 Å². The average Bonchev–Trinajstić information content (AvgIpc) is 2.19. The van der Waals surface area contributed by atoms with Crippen LogP contribution >= 0.6 is 0 Å². The van der Waals surface area contributed by atoms with Crippen LogP contribution in [0.3, 0.4) is 0 Å². The molecule has 0 saturated carbocycles. The lowest BCUT2D eigenvalue weighted by atomic mass is 10.1. The lowest BCUT2D eigenvalue weighted by Crippen LogP contribution is -1.93. The van der Waals surface area contributed by atoms with E-state index in [0.29, 0.717) is 13.0 Å². The molecule has 0 aliphatic rings. The molecule has 0 unspecified atom stereocenters. The van der Waals surface area contributed by atoms with Crippen LogP contribution in [0.25, 0.3) is 10.4 Å². The Kier molecular flexibility index (Phi) is 3.67. The van der Waals surface area contributed by atoms with Crippen LogP contribution in [-0.2, 0) is 6.42 Å². The lowest BCUT2D eigenvalue weighted by molar-refractivity contribution is 0.410. The highest BCUT2D eigenvalue weighted by atomic mass is 16.5. The number of rotatable bonds is 4. The lowest BCUT2D eigenvalue weighted by Gasteiger charge is -2.05. The van der Waals surface area contributed by atoms with Gasteiger partial charge < -0.3 is 4.74 Å². The third-order valence-corrected chi connectivity index (χ3v) is 1.74. The van der Waals surface area contributed by atoms with E-state index in [-0.39, 0.29) is 0 Å². The van der Waals surface area contributed by atoms with Crippen LogP contribution in [0.5, 0.6) is 5.75 Å². The van der Waals surface area contributed by atoms with Crippen molar-refractivity contribution in [2.75, 3.05) is 13.7 Å². The van der Waals surface area contributed by atoms with Crippen molar-refractivity contribution in [3.63, 3.8) is 0 Å². The van der Waals surface area contributed by atoms with E-state index in [4.69, 9.17) is 10.3 Å². The highest BCUT2D eigenvalue weighted by Crippen LogP contribution is 2.17. The highest BCUT2D eigenvalue weighted by molar-refractivity contribution is 5.33. The minimum absolute atomic E-state index is 0.469. The number of nitrogens with zero attached hydrogens (tertiary/aromatic N) is 3. The molecule has 0 aliphatic carbocycles. The second-order valence-electron chi connectivity index (χ2n) is 2.52. The molecule has 68 valence electrons. The van der Waals surface area contributed by atoms with E-state index < -0.39 is 0 Å². The molecule has 1 aromatic carbocycles. The van der Waals surface area contributed by atoms with Crippen molar-refractivity contribution in [3.8, 4) is 5.75 Å². The quantitative estimate of drug-likeness (QED) is 0.396. The topological polar surface area (TPSA) is 58.0 Å². The maximum Gasteiger partial charge on any atom is 0.122 e. The van der Waals surface area contributed by atoms with Crippen LogP contribution < -0.4 is 4.74 Å². The van der Waals surface area contributed by atoms with Crippen LogP contribution in [-0.4, -0.2) is 13.7 Å². The maximum atomic E-state index is 8.10. The van der Waals surface area contributed by atoms with Gasteiger partial charge in [-0.25, -0.2) is 0 Å². The number of para-hydroxylation sites is 1. The molecule has 0 aromatic heterocycles. The van der Waals surface area contributed by atoms with Gasteiger partial charge in [0.2, 0.25) is 0 Å². The summed E-state index contributed by atoms with van der Waals surface area (Å²) >= 11 is 0. The van der Waals surface area contributed by atoms with Crippen molar-refractivity contribution in [2.24, 2.45) is 5.11 Å². The van der Waals surface area contributed by atoms with E-state index in [9.17, 15) is 0 Å². The Bertz CT molecular complexity index is 318. The second kappa shape index (κ2) is 5.06. The number of benzene rings is 1. The smallest absolute Gasteiger partial charge is 0.122 e. The van der Waals surface area contributed by atoms with Crippen LogP contribution in [0.15, 0.2) is 29.4 Å². The van der Waals surface area contributed by atoms with E-state index in [1.165, 1.54) is 0 Å². The van der Waals surface area contributed by atoms with E-state index in [2.05, 4.69) is 10.0 Å². The Morgan fingerprint density at radius 2 is 2.23 bits per heavy atom. The Balaban J connectivity index is 2.69. The van der Waals surface area contributed by atoms with Gasteiger partial charge >= 0.3 is 0 Å². The molecule has 4 heteroatoms. The predicted octanol–water partition coefficient (Wildman–Crippen LogP) is 2.55. The minimum atomic E-state index is 0.469. The van der Waals surface area contributed by atoms with Gasteiger partial charge in [-0.1, -0.05) is 23.3 Å². The Morgan fingerprint density at radius 1 is 1.46 bits per heavy atom. The van der Waals surface area contributed by atoms with Crippen molar-refractivity contribution < 1.29 is 4.74 Å². The summed E-state index contributed by atoms with van der Waals surface area (Å²) in [6.07, 6.45) is 0.716. The summed E-state index contributed by atoms with van der Waals surface area (Å²) in [5, 5.41) is 3.47. The molecule has 1 aromatic rings. The monoisotopic (exact) mass is 177 g/mol. The standard InChI is InChI=1S/C9H11N3O/c1-13-9-5-3-2-4-8(9)6-7-11-12-10/h2-5H,6-7H2,1H3. The van der Waals surface area contributed by atoms with E-state index in [1.807, 2.05) is 24.3 Å². The molecule has 0 fully saturated rings. The van der Waals surface area contributed by atoms with Crippen LogP contribution in [0.4, 0.5) is 0 Å². The highest BCUT2D eigenvalue weighted by Gasteiger charge is 1.99. The van der Waals surface area contributed by atoms with Crippen molar-refractivity contribution >= 4 is 0 Å². The molecule has 0 radical (unpaired) electrons. The fourth-order valence-corrected chi connectivity index (χ4v) is 1.12. The third kappa shape index (κ3) is 2.69. The van der Waals surface area contributed by atoms with Gasteiger partial charge in [0.05, 0.1) is 7.11 Å². The maximum absolute atomic E-state index is 8.10. The van der Waals surface area contributed by atoms with Crippen LogP contribution in [0.1, 0.15) is 5.56 Å². The number of methoxy groups -OCH3 is 1. The van der Waals surface area contributed by atoms with E-state index in [0.717, 1.165) is 11.3 Å². The van der Waals surface area contributed by atoms with Crippen molar-refractivity contribution in [1.82, 2.24) is 0 Å². The van der Waals surface area contributed by atoms with E-state index >= 15 is 0 Å². The van der Waals surface area contributed by atoms with Gasteiger partial charge in [-0.3, -0.25) is 0 Å². The molecule has 0 N–H and O–H groups in total. The first-order valence-electron chi connectivity index (χ1n) is 4.01. The fourth-order valence-electron chi connectivity index (χ4n) is 1.12. The molecule has 0 saturated heterocycles. The molecule has 0 heterocycles. The van der Waals surface area contributed by atoms with Gasteiger partial charge in [-0.05, 0) is 23.6 Å². The Labute approximate surface area is 76.8 Å². The number of hydrogen-bond acceptors (Lipinski definition) is 2. The zero-order chi connectivity index (χ0) is 9.52. The Hall–Kier alpha value is -1.67. The molecule has 0 atom stereocenters. The third-order valence-electron chi connectivity index (χ3n) is 1.74. The van der Waals surface area contributed by atoms with Crippen molar-refractivity contribution in [1.29, 1.82) is 0 Å². The Morgan fingerprint density at radius 3 is 2.92 bits per heavy atom. The van der Waals surface area contributed by atoms with Gasteiger partial charge in [0.15, 0.2) is 0 Å². The number of hydrogen-bond donors (Lipinski definition) is 0. The summed E-state index contributed by atoms with van der Waals surface area (Å²) in [6, 6.07) is 7.71. The van der Waals surface area contributed by atoms with Gasteiger partial charge in [0.1, 0.15) is 5.75 Å². The first kappa shape index (κ1) is 9.42. The molecule has 0 bridgehead atoms. The van der Waals surface area contributed by atoms with Crippen molar-refractivity contribution in [3.05, 3.63) is 40.3 Å². The van der Waals surface area contributed by atoms with Gasteiger partial charge in [-0.2, -0.15) is 0 Å². The normalized spacial score (nSPS) is 9.00. The molecule has 1 rings (SSSR count). The van der Waals surface area contributed by atoms with E-state index in [1.54, 1.807) is 7.11 Å². The molecular formula is C9H11N3O. The zero-order valence-electron chi connectivity index (χ0n) is 7.47. The van der Waals surface area contributed by atoms with Crippen LogP contribution in [0.2, 0.25) is 0 Å². The summed E-state index contributed by atoms with van der Waals surface area (Å²) < 4.78 is 5.14. The summed E-state index contributed by atoms with van der Waals surface area (Å²) in [5.74, 6) is 0.843. The molecular weight excluding hydrogens is 166 g/mol. The zero-order valence-corrected chi connectivity index (χ0v) is 7.47. The summed E-state index contributed by atoms with van der Waals surface area (Å²) in [7, 11) is 1.63. The summed E-state index contributed by atoms with van der Waals surface area (Å²) in [4.78, 5) is 2.69. The van der Waals surface area contributed by atoms with Crippen molar-refractivity contribution in [2.45, 2.75) is 6.42 Å².